The van der Waals surface area contributed by atoms with Gasteiger partial charge in [-0.1, -0.05) is 5.16 Å². The van der Waals surface area contributed by atoms with Crippen LogP contribution in [0.25, 0.3) is 22.6 Å². The smallest absolute Gasteiger partial charge is 0.259 e. The van der Waals surface area contributed by atoms with E-state index in [1.165, 1.54) is 0 Å². The molecule has 8 nitrogen and oxygen atoms in total. The van der Waals surface area contributed by atoms with Crippen molar-refractivity contribution in [3.05, 3.63) is 51.8 Å². The van der Waals surface area contributed by atoms with E-state index in [4.69, 9.17) is 8.94 Å². The van der Waals surface area contributed by atoms with E-state index >= 15 is 0 Å². The van der Waals surface area contributed by atoms with Crippen molar-refractivity contribution in [1.29, 1.82) is 0 Å². The molecule has 1 saturated heterocycles. The molecule has 0 radical (unpaired) electrons. The van der Waals surface area contributed by atoms with Gasteiger partial charge in [-0.05, 0) is 32.0 Å². The summed E-state index contributed by atoms with van der Waals surface area (Å²) >= 11 is 1.67. The van der Waals surface area contributed by atoms with Crippen molar-refractivity contribution in [1.82, 2.24) is 24.9 Å². The predicted octanol–water partition coefficient (Wildman–Crippen LogP) is 3.51. The number of thiazole rings is 1. The first-order valence-electron chi connectivity index (χ1n) is 9.82. The minimum Gasteiger partial charge on any atom is -0.463 e. The van der Waals surface area contributed by atoms with Crippen LogP contribution in [0, 0.1) is 13.8 Å². The third-order valence-corrected chi connectivity index (χ3v) is 6.16. The number of hydrogen-bond donors (Lipinski definition) is 0. The lowest BCUT2D eigenvalue weighted by Crippen LogP contribution is -2.48. The zero-order chi connectivity index (χ0) is 20.7. The molecule has 1 amide bonds. The van der Waals surface area contributed by atoms with Crippen LogP contribution in [0.15, 0.2) is 38.8 Å². The maximum Gasteiger partial charge on any atom is 0.259 e. The quantitative estimate of drug-likeness (QED) is 0.496. The molecule has 1 aliphatic rings. The van der Waals surface area contributed by atoms with Crippen LogP contribution >= 0.6 is 11.3 Å². The molecular weight excluding hydrogens is 402 g/mol. The topological polar surface area (TPSA) is 88.5 Å². The minimum atomic E-state index is -0.0364. The van der Waals surface area contributed by atoms with Gasteiger partial charge >= 0.3 is 0 Å². The first-order chi connectivity index (χ1) is 14.6. The average Bonchev–Trinajstić information content (AvgIpc) is 3.50. The number of rotatable bonds is 4. The zero-order valence-corrected chi connectivity index (χ0v) is 17.6. The number of nitrogens with zero attached hydrogens (tertiary/aromatic N) is 5. The first kappa shape index (κ1) is 19.0. The molecule has 0 unspecified atom stereocenters. The Bertz CT molecular complexity index is 1190. The van der Waals surface area contributed by atoms with Crippen molar-refractivity contribution in [2.75, 3.05) is 26.2 Å². The van der Waals surface area contributed by atoms with Crippen LogP contribution in [-0.4, -0.2) is 57.0 Å². The molecule has 0 bridgehead atoms. The second-order valence-corrected chi connectivity index (χ2v) is 8.47. The van der Waals surface area contributed by atoms with Gasteiger partial charge in [0.1, 0.15) is 5.69 Å². The van der Waals surface area contributed by atoms with Crippen molar-refractivity contribution < 1.29 is 13.7 Å². The summed E-state index contributed by atoms with van der Waals surface area (Å²) < 4.78 is 10.8. The van der Waals surface area contributed by atoms with Gasteiger partial charge in [-0.25, -0.2) is 9.97 Å². The third-order valence-electron chi connectivity index (χ3n) is 5.33. The van der Waals surface area contributed by atoms with E-state index in [1.807, 2.05) is 24.8 Å². The van der Waals surface area contributed by atoms with Gasteiger partial charge in [0.25, 0.3) is 11.6 Å². The fraction of sp³-hybridized carbons (Fsp3) is 0.333. The Morgan fingerprint density at radius 3 is 2.73 bits per heavy atom. The highest BCUT2D eigenvalue weighted by molar-refractivity contribution is 7.09. The van der Waals surface area contributed by atoms with E-state index in [2.05, 4.69) is 25.4 Å². The fourth-order valence-electron chi connectivity index (χ4n) is 3.80. The molecule has 154 valence electrons. The maximum absolute atomic E-state index is 13.4. The molecule has 1 fully saturated rings. The highest BCUT2D eigenvalue weighted by Crippen LogP contribution is 2.28. The Kier molecular flexibility index (Phi) is 4.84. The SMILES string of the molecule is Cc1nc(CN2CCN(C(=O)c3cc(-c4ccco4)nc4onc(C)c34)CC2)cs1. The van der Waals surface area contributed by atoms with Gasteiger partial charge in [-0.2, -0.15) is 0 Å². The lowest BCUT2D eigenvalue weighted by atomic mass is 10.1. The molecule has 30 heavy (non-hydrogen) atoms. The van der Waals surface area contributed by atoms with Crippen molar-refractivity contribution in [2.45, 2.75) is 20.4 Å². The molecule has 0 N–H and O–H groups in total. The van der Waals surface area contributed by atoms with E-state index in [1.54, 1.807) is 29.7 Å². The number of piperazine rings is 1. The van der Waals surface area contributed by atoms with Gasteiger partial charge < -0.3 is 13.8 Å². The van der Waals surface area contributed by atoms with Gasteiger partial charge in [-0.15, -0.1) is 11.3 Å². The molecule has 0 atom stereocenters. The van der Waals surface area contributed by atoms with E-state index < -0.39 is 0 Å². The third kappa shape index (κ3) is 3.50. The summed E-state index contributed by atoms with van der Waals surface area (Å²) in [7, 11) is 0. The van der Waals surface area contributed by atoms with Crippen molar-refractivity contribution in [3.8, 4) is 11.5 Å². The Hall–Kier alpha value is -3.04. The normalized spacial score (nSPS) is 15.2. The number of pyridine rings is 1. The maximum atomic E-state index is 13.4. The van der Waals surface area contributed by atoms with Crippen LogP contribution in [0.2, 0.25) is 0 Å². The van der Waals surface area contributed by atoms with Crippen LogP contribution in [0.3, 0.4) is 0 Å². The molecule has 4 aromatic rings. The summed E-state index contributed by atoms with van der Waals surface area (Å²) in [6, 6.07) is 5.38. The molecule has 0 aromatic carbocycles. The van der Waals surface area contributed by atoms with Gasteiger partial charge in [0.15, 0.2) is 5.76 Å². The van der Waals surface area contributed by atoms with Crippen LogP contribution in [0.5, 0.6) is 0 Å². The number of fused-ring (bicyclic) bond motifs is 1. The molecule has 1 aliphatic heterocycles. The minimum absolute atomic E-state index is 0.0364. The van der Waals surface area contributed by atoms with Gasteiger partial charge in [0, 0.05) is 38.1 Å². The number of aromatic nitrogens is 3. The number of carbonyl (C=O) groups excluding carboxylic acids is 1. The van der Waals surface area contributed by atoms with Crippen molar-refractivity contribution in [3.63, 3.8) is 0 Å². The zero-order valence-electron chi connectivity index (χ0n) is 16.8. The van der Waals surface area contributed by atoms with Crippen molar-refractivity contribution in [2.24, 2.45) is 0 Å². The van der Waals surface area contributed by atoms with E-state index in [-0.39, 0.29) is 5.91 Å². The lowest BCUT2D eigenvalue weighted by Gasteiger charge is -2.34. The lowest BCUT2D eigenvalue weighted by molar-refractivity contribution is 0.0629. The summed E-state index contributed by atoms with van der Waals surface area (Å²) in [4.78, 5) is 26.7. The van der Waals surface area contributed by atoms with Crippen molar-refractivity contribution >= 4 is 28.3 Å². The second kappa shape index (κ2) is 7.66. The molecule has 0 saturated carbocycles. The summed E-state index contributed by atoms with van der Waals surface area (Å²) in [6.07, 6.45) is 1.58. The Morgan fingerprint density at radius 2 is 2.03 bits per heavy atom. The number of amides is 1. The van der Waals surface area contributed by atoms with Crippen LogP contribution in [0.1, 0.15) is 26.8 Å². The number of aryl methyl sites for hydroxylation is 2. The summed E-state index contributed by atoms with van der Waals surface area (Å²) in [5.74, 6) is 0.550. The summed E-state index contributed by atoms with van der Waals surface area (Å²) in [6.45, 7) is 7.60. The Labute approximate surface area is 177 Å². The summed E-state index contributed by atoms with van der Waals surface area (Å²) in [5, 5.41) is 7.86. The predicted molar refractivity (Wildman–Crippen MR) is 112 cm³/mol. The Balaban J connectivity index is 1.38. The molecular formula is C21H21N5O3S. The number of hydrogen-bond acceptors (Lipinski definition) is 8. The summed E-state index contributed by atoms with van der Waals surface area (Å²) in [5.41, 5.74) is 3.21. The van der Waals surface area contributed by atoms with E-state index in [0.29, 0.717) is 46.9 Å². The Morgan fingerprint density at radius 1 is 1.20 bits per heavy atom. The van der Waals surface area contributed by atoms with Gasteiger partial charge in [-0.3, -0.25) is 9.69 Å². The first-order valence-corrected chi connectivity index (χ1v) is 10.7. The van der Waals surface area contributed by atoms with Gasteiger partial charge in [0.2, 0.25) is 0 Å². The van der Waals surface area contributed by atoms with Crippen LogP contribution < -0.4 is 0 Å². The molecule has 4 aromatic heterocycles. The molecule has 5 rings (SSSR count). The van der Waals surface area contributed by atoms with E-state index in [0.717, 1.165) is 30.3 Å². The fourth-order valence-corrected chi connectivity index (χ4v) is 4.41. The second-order valence-electron chi connectivity index (χ2n) is 7.41. The highest BCUT2D eigenvalue weighted by Gasteiger charge is 2.27. The van der Waals surface area contributed by atoms with Crippen LogP contribution in [0.4, 0.5) is 0 Å². The number of carbonyl (C=O) groups is 1. The largest absolute Gasteiger partial charge is 0.463 e. The standard InChI is InChI=1S/C21H21N5O3S/c1-13-19-16(10-17(18-4-3-9-28-18)23-20(19)29-24-13)21(27)26-7-5-25(6-8-26)11-15-12-30-14(2)22-15/h3-4,9-10,12H,5-8,11H2,1-2H3. The monoisotopic (exact) mass is 423 g/mol. The molecule has 0 aliphatic carbocycles. The highest BCUT2D eigenvalue weighted by atomic mass is 32.1. The molecule has 0 spiro atoms. The van der Waals surface area contributed by atoms with Gasteiger partial charge in [0.05, 0.1) is 33.6 Å². The molecule has 5 heterocycles. The average molecular weight is 423 g/mol. The van der Waals surface area contributed by atoms with E-state index in [9.17, 15) is 4.79 Å². The van der Waals surface area contributed by atoms with Crippen LogP contribution in [-0.2, 0) is 6.54 Å². The number of furan rings is 1. The molecule has 9 heteroatoms.